The molecule has 1 saturated heterocycles. The van der Waals surface area contributed by atoms with Gasteiger partial charge < -0.3 is 10.6 Å². The Labute approximate surface area is 173 Å². The second-order valence-corrected chi connectivity index (χ2v) is 9.71. The van der Waals surface area contributed by atoms with E-state index in [4.69, 9.17) is 0 Å². The minimum absolute atomic E-state index is 0.00273. The first-order valence-electron chi connectivity index (χ1n) is 10.6. The van der Waals surface area contributed by atoms with Crippen LogP contribution in [0.2, 0.25) is 0 Å². The number of hydrogen-bond acceptors (Lipinski definition) is 3. The van der Waals surface area contributed by atoms with E-state index in [1.807, 2.05) is 24.3 Å². The summed E-state index contributed by atoms with van der Waals surface area (Å²) in [6.07, 6.45) is 4.33. The predicted molar refractivity (Wildman–Crippen MR) is 112 cm³/mol. The van der Waals surface area contributed by atoms with Crippen LogP contribution in [0.25, 0.3) is 0 Å². The van der Waals surface area contributed by atoms with Crippen molar-refractivity contribution >= 4 is 17.8 Å². The molecule has 1 aliphatic heterocycles. The highest BCUT2D eigenvalue weighted by molar-refractivity contribution is 6.09. The lowest BCUT2D eigenvalue weighted by Crippen LogP contribution is -2.47. The Morgan fingerprint density at radius 1 is 1.17 bits per heavy atom. The number of nitrogens with one attached hydrogen (secondary N) is 2. The maximum absolute atomic E-state index is 13.1. The van der Waals surface area contributed by atoms with Gasteiger partial charge in [0.05, 0.1) is 0 Å². The maximum atomic E-state index is 13.1. The molecular formula is C23H33N3O3. The molecule has 1 heterocycles. The summed E-state index contributed by atoms with van der Waals surface area (Å²) in [5.41, 5.74) is 0.710. The summed E-state index contributed by atoms with van der Waals surface area (Å²) < 4.78 is 0. The number of benzene rings is 1. The number of hydrogen-bond donors (Lipinski definition) is 2. The van der Waals surface area contributed by atoms with Gasteiger partial charge in [-0.15, -0.1) is 0 Å². The fraction of sp³-hybridized carbons (Fsp3) is 0.609. The highest BCUT2D eigenvalue weighted by atomic mass is 16.2. The van der Waals surface area contributed by atoms with Crippen LogP contribution in [-0.2, 0) is 20.5 Å². The number of carbonyl (C=O) groups excluding carboxylic acids is 3. The molecule has 1 aliphatic carbocycles. The van der Waals surface area contributed by atoms with Gasteiger partial charge in [0.1, 0.15) is 12.1 Å². The maximum Gasteiger partial charge on any atom is 0.325 e. The van der Waals surface area contributed by atoms with Crippen molar-refractivity contribution in [2.24, 2.45) is 5.92 Å². The van der Waals surface area contributed by atoms with Gasteiger partial charge in [-0.05, 0) is 42.2 Å². The molecule has 0 radical (unpaired) electrons. The van der Waals surface area contributed by atoms with Crippen molar-refractivity contribution in [3.05, 3.63) is 35.4 Å². The SMILES string of the molecule is CC1CCCCC1NC(=O)CN1C(=O)NC(C)(c2ccc(C(C)(C)C)cc2)C1=O. The number of rotatable bonds is 4. The van der Waals surface area contributed by atoms with Crippen LogP contribution >= 0.6 is 0 Å². The molecule has 158 valence electrons. The number of carbonyl (C=O) groups is 3. The number of nitrogens with zero attached hydrogens (tertiary/aromatic N) is 1. The molecule has 6 nitrogen and oxygen atoms in total. The van der Waals surface area contributed by atoms with Crippen molar-refractivity contribution in [3.63, 3.8) is 0 Å². The third kappa shape index (κ3) is 4.31. The van der Waals surface area contributed by atoms with Crippen molar-refractivity contribution < 1.29 is 14.4 Å². The Morgan fingerprint density at radius 3 is 2.38 bits per heavy atom. The van der Waals surface area contributed by atoms with E-state index in [2.05, 4.69) is 38.3 Å². The quantitative estimate of drug-likeness (QED) is 0.761. The molecule has 1 saturated carbocycles. The Morgan fingerprint density at radius 2 is 1.79 bits per heavy atom. The smallest absolute Gasteiger partial charge is 0.325 e. The zero-order chi connectivity index (χ0) is 21.4. The highest BCUT2D eigenvalue weighted by Gasteiger charge is 2.49. The van der Waals surface area contributed by atoms with Gasteiger partial charge >= 0.3 is 6.03 Å². The first kappa shape index (κ1) is 21.3. The fourth-order valence-electron chi connectivity index (χ4n) is 4.27. The number of amides is 4. The summed E-state index contributed by atoms with van der Waals surface area (Å²) in [6, 6.07) is 7.33. The molecule has 6 heteroatoms. The Hall–Kier alpha value is -2.37. The van der Waals surface area contributed by atoms with Crippen LogP contribution in [0.1, 0.15) is 71.4 Å². The molecule has 0 aromatic heterocycles. The zero-order valence-electron chi connectivity index (χ0n) is 18.2. The van der Waals surface area contributed by atoms with Gasteiger partial charge in [0.2, 0.25) is 5.91 Å². The number of urea groups is 1. The Bertz CT molecular complexity index is 797. The lowest BCUT2D eigenvalue weighted by atomic mass is 9.84. The molecule has 4 amide bonds. The molecular weight excluding hydrogens is 366 g/mol. The lowest BCUT2D eigenvalue weighted by Gasteiger charge is -2.30. The summed E-state index contributed by atoms with van der Waals surface area (Å²) in [5.74, 6) is -0.250. The largest absolute Gasteiger partial charge is 0.352 e. The van der Waals surface area contributed by atoms with Crippen molar-refractivity contribution in [2.45, 2.75) is 77.3 Å². The van der Waals surface area contributed by atoms with E-state index in [9.17, 15) is 14.4 Å². The molecule has 1 aromatic rings. The van der Waals surface area contributed by atoms with Crippen molar-refractivity contribution in [2.75, 3.05) is 6.54 Å². The fourth-order valence-corrected chi connectivity index (χ4v) is 4.27. The van der Waals surface area contributed by atoms with E-state index < -0.39 is 17.5 Å². The van der Waals surface area contributed by atoms with Crippen molar-refractivity contribution in [1.82, 2.24) is 15.5 Å². The average Bonchev–Trinajstić information content (AvgIpc) is 2.87. The van der Waals surface area contributed by atoms with Gasteiger partial charge in [-0.25, -0.2) is 4.79 Å². The Kier molecular flexibility index (Phi) is 5.74. The standard InChI is InChI=1S/C23H33N3O3/c1-15-8-6-7-9-18(15)24-19(27)14-26-20(28)23(5,25-21(26)29)17-12-10-16(11-13-17)22(2,3)4/h10-13,15,18H,6-9,14H2,1-5H3,(H,24,27)(H,25,29). The molecule has 0 bridgehead atoms. The van der Waals surface area contributed by atoms with Crippen LogP contribution in [0.15, 0.2) is 24.3 Å². The van der Waals surface area contributed by atoms with Crippen LogP contribution in [0.3, 0.4) is 0 Å². The van der Waals surface area contributed by atoms with Gasteiger partial charge in [-0.3, -0.25) is 14.5 Å². The number of imide groups is 1. The van der Waals surface area contributed by atoms with E-state index in [1.54, 1.807) is 6.92 Å². The molecule has 2 fully saturated rings. The van der Waals surface area contributed by atoms with E-state index >= 15 is 0 Å². The highest BCUT2D eigenvalue weighted by Crippen LogP contribution is 2.31. The minimum atomic E-state index is -1.16. The van der Waals surface area contributed by atoms with E-state index in [0.29, 0.717) is 11.5 Å². The van der Waals surface area contributed by atoms with Crippen LogP contribution in [-0.4, -0.2) is 35.3 Å². The molecule has 3 unspecified atom stereocenters. The molecule has 29 heavy (non-hydrogen) atoms. The normalized spacial score (nSPS) is 27.7. The van der Waals surface area contributed by atoms with Crippen LogP contribution in [0, 0.1) is 5.92 Å². The third-order valence-corrected chi connectivity index (χ3v) is 6.36. The minimum Gasteiger partial charge on any atom is -0.352 e. The second-order valence-electron chi connectivity index (χ2n) is 9.71. The van der Waals surface area contributed by atoms with Crippen molar-refractivity contribution in [1.29, 1.82) is 0 Å². The molecule has 2 aliphatic rings. The Balaban J connectivity index is 1.70. The average molecular weight is 400 g/mol. The van der Waals surface area contributed by atoms with Gasteiger partial charge in [0, 0.05) is 6.04 Å². The van der Waals surface area contributed by atoms with Crippen LogP contribution in [0.5, 0.6) is 0 Å². The van der Waals surface area contributed by atoms with Gasteiger partial charge in [-0.2, -0.15) is 0 Å². The summed E-state index contributed by atoms with van der Waals surface area (Å²) in [7, 11) is 0. The molecule has 3 atom stereocenters. The zero-order valence-corrected chi connectivity index (χ0v) is 18.2. The summed E-state index contributed by atoms with van der Waals surface area (Å²) in [5, 5.41) is 5.79. The topological polar surface area (TPSA) is 78.5 Å². The van der Waals surface area contributed by atoms with E-state index in [1.165, 1.54) is 6.42 Å². The van der Waals surface area contributed by atoms with Gasteiger partial charge in [0.15, 0.2) is 0 Å². The first-order chi connectivity index (χ1) is 13.5. The molecule has 3 rings (SSSR count). The summed E-state index contributed by atoms with van der Waals surface area (Å²) >= 11 is 0. The van der Waals surface area contributed by atoms with Crippen LogP contribution in [0.4, 0.5) is 4.79 Å². The van der Waals surface area contributed by atoms with Gasteiger partial charge in [-0.1, -0.05) is 64.8 Å². The van der Waals surface area contributed by atoms with Crippen molar-refractivity contribution in [3.8, 4) is 0 Å². The predicted octanol–water partition coefficient (Wildman–Crippen LogP) is 3.45. The van der Waals surface area contributed by atoms with Gasteiger partial charge in [0.25, 0.3) is 5.91 Å². The summed E-state index contributed by atoms with van der Waals surface area (Å²) in [4.78, 5) is 39.1. The lowest BCUT2D eigenvalue weighted by molar-refractivity contribution is -0.135. The summed E-state index contributed by atoms with van der Waals surface area (Å²) in [6.45, 7) is 9.96. The molecule has 0 spiro atoms. The molecule has 2 N–H and O–H groups in total. The van der Waals surface area contributed by atoms with E-state index in [0.717, 1.165) is 29.7 Å². The second kappa shape index (κ2) is 7.81. The van der Waals surface area contributed by atoms with E-state index in [-0.39, 0.29) is 23.9 Å². The molecule has 1 aromatic carbocycles. The first-order valence-corrected chi connectivity index (χ1v) is 10.6. The van der Waals surface area contributed by atoms with Crippen LogP contribution < -0.4 is 10.6 Å². The monoisotopic (exact) mass is 399 g/mol. The third-order valence-electron chi connectivity index (χ3n) is 6.36.